The average Bonchev–Trinajstić information content (AvgIpc) is 2.88. The van der Waals surface area contributed by atoms with Crippen molar-refractivity contribution in [1.82, 2.24) is 14.9 Å². The molecule has 1 aromatic heterocycles. The minimum absolute atomic E-state index is 0.0306. The van der Waals surface area contributed by atoms with Crippen molar-refractivity contribution in [1.29, 1.82) is 0 Å². The molecule has 0 N–H and O–H groups in total. The Morgan fingerprint density at radius 3 is 1.88 bits per heavy atom. The number of rotatable bonds is 4. The lowest BCUT2D eigenvalue weighted by molar-refractivity contribution is 0.0746. The topological polar surface area (TPSA) is 83.5 Å². The summed E-state index contributed by atoms with van der Waals surface area (Å²) in [7, 11) is -3.88. The molecule has 0 spiro atoms. The molecule has 7 nitrogen and oxygen atoms in total. The Hall–Kier alpha value is -3.78. The second-order valence-electron chi connectivity index (χ2n) is 7.80. The van der Waals surface area contributed by atoms with Gasteiger partial charge in [0.2, 0.25) is 14.9 Å². The van der Waals surface area contributed by atoms with E-state index in [0.29, 0.717) is 48.6 Å². The van der Waals surface area contributed by atoms with E-state index in [1.807, 2.05) is 41.3 Å². The van der Waals surface area contributed by atoms with Gasteiger partial charge in [0, 0.05) is 31.7 Å². The fourth-order valence-corrected chi connectivity index (χ4v) is 5.33. The number of anilines is 1. The van der Waals surface area contributed by atoms with Crippen LogP contribution in [-0.2, 0) is 9.84 Å². The van der Waals surface area contributed by atoms with E-state index in [4.69, 9.17) is 4.98 Å². The lowest BCUT2D eigenvalue weighted by Crippen LogP contribution is -2.49. The van der Waals surface area contributed by atoms with Crippen molar-refractivity contribution in [2.75, 3.05) is 31.1 Å². The standard InChI is InChI=1S/C25H22N4O3S/c30-25(19-9-3-1-4-10-19)29-17-15-28(16-18-29)23-24(27-22-14-8-7-13-21(22)26-23)33(31,32)20-11-5-2-6-12-20/h1-14H,15-18H2. The summed E-state index contributed by atoms with van der Waals surface area (Å²) in [5.74, 6) is 0.293. The summed E-state index contributed by atoms with van der Waals surface area (Å²) < 4.78 is 27.0. The minimum Gasteiger partial charge on any atom is -0.351 e. The van der Waals surface area contributed by atoms with Gasteiger partial charge >= 0.3 is 0 Å². The van der Waals surface area contributed by atoms with Gasteiger partial charge in [-0.1, -0.05) is 48.5 Å². The SMILES string of the molecule is O=C(c1ccccc1)N1CCN(c2nc3ccccc3nc2S(=O)(=O)c2ccccc2)CC1. The van der Waals surface area contributed by atoms with Crippen LogP contribution in [0, 0.1) is 0 Å². The summed E-state index contributed by atoms with van der Waals surface area (Å²) in [6, 6.07) is 24.7. The third-order valence-corrected chi connectivity index (χ3v) is 7.39. The Bertz CT molecular complexity index is 1400. The molecule has 4 aromatic rings. The molecule has 1 amide bonds. The third-order valence-electron chi connectivity index (χ3n) is 5.72. The first-order valence-electron chi connectivity index (χ1n) is 10.7. The van der Waals surface area contributed by atoms with Crippen LogP contribution in [0.4, 0.5) is 5.82 Å². The van der Waals surface area contributed by atoms with Gasteiger partial charge in [0.1, 0.15) is 0 Å². The maximum absolute atomic E-state index is 13.5. The molecular weight excluding hydrogens is 436 g/mol. The van der Waals surface area contributed by atoms with Gasteiger partial charge in [0.05, 0.1) is 15.9 Å². The van der Waals surface area contributed by atoms with Crippen molar-refractivity contribution < 1.29 is 13.2 Å². The number of carbonyl (C=O) groups is 1. The van der Waals surface area contributed by atoms with Gasteiger partial charge in [0.15, 0.2) is 5.82 Å². The first-order valence-corrected chi connectivity index (χ1v) is 12.2. The second-order valence-corrected chi connectivity index (χ2v) is 9.67. The number of aromatic nitrogens is 2. The molecule has 8 heteroatoms. The molecule has 33 heavy (non-hydrogen) atoms. The number of sulfone groups is 1. The molecule has 1 saturated heterocycles. The number of benzene rings is 3. The van der Waals surface area contributed by atoms with Crippen LogP contribution >= 0.6 is 0 Å². The van der Waals surface area contributed by atoms with Crippen LogP contribution in [-0.4, -0.2) is 55.4 Å². The van der Waals surface area contributed by atoms with Crippen molar-refractivity contribution in [3.05, 3.63) is 90.5 Å². The van der Waals surface area contributed by atoms with E-state index in [1.54, 1.807) is 53.4 Å². The van der Waals surface area contributed by atoms with Gasteiger partial charge in [-0.05, 0) is 36.4 Å². The largest absolute Gasteiger partial charge is 0.351 e. The Kier molecular flexibility index (Phi) is 5.51. The van der Waals surface area contributed by atoms with E-state index >= 15 is 0 Å². The van der Waals surface area contributed by atoms with E-state index in [2.05, 4.69) is 4.98 Å². The van der Waals surface area contributed by atoms with E-state index in [-0.39, 0.29) is 15.8 Å². The van der Waals surface area contributed by atoms with Crippen LogP contribution in [0.2, 0.25) is 0 Å². The summed E-state index contributed by atoms with van der Waals surface area (Å²) in [4.78, 5) is 25.9. The lowest BCUT2D eigenvalue weighted by atomic mass is 10.2. The van der Waals surface area contributed by atoms with Crippen molar-refractivity contribution in [2.24, 2.45) is 0 Å². The second kappa shape index (κ2) is 8.63. The zero-order valence-corrected chi connectivity index (χ0v) is 18.6. The van der Waals surface area contributed by atoms with Crippen LogP contribution in [0.25, 0.3) is 11.0 Å². The molecule has 3 aromatic carbocycles. The van der Waals surface area contributed by atoms with Gasteiger partial charge < -0.3 is 9.80 Å². The predicted molar refractivity (Wildman–Crippen MR) is 126 cm³/mol. The van der Waals surface area contributed by atoms with Crippen LogP contribution < -0.4 is 4.90 Å². The number of amides is 1. The predicted octanol–water partition coefficient (Wildman–Crippen LogP) is 3.43. The highest BCUT2D eigenvalue weighted by Crippen LogP contribution is 2.30. The van der Waals surface area contributed by atoms with E-state index < -0.39 is 9.84 Å². The first kappa shape index (κ1) is 21.1. The molecular formula is C25H22N4O3S. The Morgan fingerprint density at radius 2 is 1.24 bits per heavy atom. The van der Waals surface area contributed by atoms with Crippen molar-refractivity contribution >= 4 is 32.6 Å². The maximum Gasteiger partial charge on any atom is 0.253 e. The average molecular weight is 459 g/mol. The molecule has 0 atom stereocenters. The number of hydrogen-bond donors (Lipinski definition) is 0. The highest BCUT2D eigenvalue weighted by molar-refractivity contribution is 7.91. The van der Waals surface area contributed by atoms with Gasteiger partial charge in [-0.3, -0.25) is 4.79 Å². The van der Waals surface area contributed by atoms with Crippen LogP contribution in [0.1, 0.15) is 10.4 Å². The summed E-state index contributed by atoms with van der Waals surface area (Å²) in [6.45, 7) is 1.85. The van der Waals surface area contributed by atoms with Crippen molar-refractivity contribution in [3.8, 4) is 0 Å². The molecule has 166 valence electrons. The maximum atomic E-state index is 13.5. The Morgan fingerprint density at radius 1 is 0.697 bits per heavy atom. The molecule has 0 aliphatic carbocycles. The Labute approximate surface area is 192 Å². The van der Waals surface area contributed by atoms with E-state index in [9.17, 15) is 13.2 Å². The van der Waals surface area contributed by atoms with Crippen LogP contribution in [0.5, 0.6) is 0 Å². The molecule has 1 aliphatic heterocycles. The Balaban J connectivity index is 1.49. The molecule has 0 unspecified atom stereocenters. The molecule has 1 fully saturated rings. The van der Waals surface area contributed by atoms with Gasteiger partial charge in [0.25, 0.3) is 5.91 Å². The van der Waals surface area contributed by atoms with Gasteiger partial charge in [-0.15, -0.1) is 0 Å². The van der Waals surface area contributed by atoms with E-state index in [0.717, 1.165) is 0 Å². The third kappa shape index (κ3) is 4.05. The first-order chi connectivity index (χ1) is 16.0. The number of nitrogens with zero attached hydrogens (tertiary/aromatic N) is 4. The molecule has 1 aliphatic rings. The number of fused-ring (bicyclic) bond motifs is 1. The minimum atomic E-state index is -3.88. The zero-order valence-electron chi connectivity index (χ0n) is 17.8. The monoisotopic (exact) mass is 458 g/mol. The highest BCUT2D eigenvalue weighted by Gasteiger charge is 2.30. The van der Waals surface area contributed by atoms with Gasteiger partial charge in [-0.2, -0.15) is 0 Å². The highest BCUT2D eigenvalue weighted by atomic mass is 32.2. The summed E-state index contributed by atoms with van der Waals surface area (Å²) in [5, 5.41) is -0.0600. The summed E-state index contributed by atoms with van der Waals surface area (Å²) >= 11 is 0. The molecule has 0 radical (unpaired) electrons. The summed E-state index contributed by atoms with van der Waals surface area (Å²) in [5.41, 5.74) is 1.79. The lowest BCUT2D eigenvalue weighted by Gasteiger charge is -2.36. The fourth-order valence-electron chi connectivity index (χ4n) is 3.96. The number of hydrogen-bond acceptors (Lipinski definition) is 6. The van der Waals surface area contributed by atoms with Crippen molar-refractivity contribution in [3.63, 3.8) is 0 Å². The number of carbonyl (C=O) groups excluding carboxylic acids is 1. The quantitative estimate of drug-likeness (QED) is 0.466. The summed E-state index contributed by atoms with van der Waals surface area (Å²) in [6.07, 6.45) is 0. The smallest absolute Gasteiger partial charge is 0.253 e. The number of piperazine rings is 1. The zero-order chi connectivity index (χ0) is 22.8. The fraction of sp³-hybridized carbons (Fsp3) is 0.160. The van der Waals surface area contributed by atoms with E-state index in [1.165, 1.54) is 0 Å². The van der Waals surface area contributed by atoms with Crippen molar-refractivity contribution in [2.45, 2.75) is 9.92 Å². The molecule has 2 heterocycles. The molecule has 0 bridgehead atoms. The molecule has 0 saturated carbocycles. The normalized spacial score (nSPS) is 14.4. The van der Waals surface area contributed by atoms with Gasteiger partial charge in [-0.25, -0.2) is 18.4 Å². The van der Waals surface area contributed by atoms with Crippen LogP contribution in [0.15, 0.2) is 94.9 Å². The van der Waals surface area contributed by atoms with Crippen LogP contribution in [0.3, 0.4) is 0 Å². The number of para-hydroxylation sites is 2. The molecule has 5 rings (SSSR count).